The highest BCUT2D eigenvalue weighted by Crippen LogP contribution is 2.31. The molecule has 114 valence electrons. The molecule has 2 rings (SSSR count). The van der Waals surface area contributed by atoms with Crippen molar-refractivity contribution in [3.8, 4) is 0 Å². The topological polar surface area (TPSA) is 53.5 Å². The molecule has 2 heterocycles. The van der Waals surface area contributed by atoms with Crippen LogP contribution in [0.2, 0.25) is 0 Å². The number of hydrogen-bond acceptors (Lipinski definition) is 3. The molecular formula is C13H14F3N3O2. The molecule has 1 fully saturated rings. The molecule has 0 bridgehead atoms. The van der Waals surface area contributed by atoms with Crippen LogP contribution in [0.15, 0.2) is 18.3 Å². The summed E-state index contributed by atoms with van der Waals surface area (Å²) in [5.41, 5.74) is -1.76. The van der Waals surface area contributed by atoms with Gasteiger partial charge in [-0.3, -0.25) is 14.6 Å². The maximum atomic E-state index is 12.9. The number of hydrogen-bond donors (Lipinski definition) is 0. The lowest BCUT2D eigenvalue weighted by Gasteiger charge is -2.37. The van der Waals surface area contributed by atoms with Crippen molar-refractivity contribution >= 4 is 11.8 Å². The zero-order valence-electron chi connectivity index (χ0n) is 11.5. The van der Waals surface area contributed by atoms with Crippen molar-refractivity contribution < 1.29 is 22.8 Å². The van der Waals surface area contributed by atoms with E-state index in [4.69, 9.17) is 0 Å². The number of pyridine rings is 1. The third-order valence-electron chi connectivity index (χ3n) is 3.44. The standard InChI is InChI=1S/C13H14F3N3O2/c1-8-11(20)18(2)6-7-19(8)12(21)9-4-3-5-17-10(9)13(14,15)16/h3-5,8H,6-7H2,1-2H3. The largest absolute Gasteiger partial charge is 0.434 e. The van der Waals surface area contributed by atoms with Gasteiger partial charge < -0.3 is 9.80 Å². The molecule has 1 unspecified atom stereocenters. The number of nitrogens with zero attached hydrogens (tertiary/aromatic N) is 3. The van der Waals surface area contributed by atoms with Gasteiger partial charge in [-0.2, -0.15) is 13.2 Å². The van der Waals surface area contributed by atoms with E-state index >= 15 is 0 Å². The van der Waals surface area contributed by atoms with E-state index < -0.39 is 29.4 Å². The molecule has 1 aliphatic heterocycles. The van der Waals surface area contributed by atoms with Crippen LogP contribution in [0, 0.1) is 0 Å². The number of halogens is 3. The predicted octanol–water partition coefficient (Wildman–Crippen LogP) is 1.40. The highest BCUT2D eigenvalue weighted by Gasteiger charge is 2.40. The lowest BCUT2D eigenvalue weighted by atomic mass is 10.1. The Morgan fingerprint density at radius 1 is 1.38 bits per heavy atom. The first-order chi connectivity index (χ1) is 9.73. The van der Waals surface area contributed by atoms with E-state index in [1.807, 2.05) is 0 Å². The third-order valence-corrected chi connectivity index (χ3v) is 3.44. The molecule has 0 spiro atoms. The molecule has 5 nitrogen and oxygen atoms in total. The van der Waals surface area contributed by atoms with Gasteiger partial charge in [0, 0.05) is 26.3 Å². The smallest absolute Gasteiger partial charge is 0.342 e. The van der Waals surface area contributed by atoms with Crippen LogP contribution in [-0.4, -0.2) is 52.8 Å². The van der Waals surface area contributed by atoms with Crippen molar-refractivity contribution in [3.63, 3.8) is 0 Å². The zero-order chi connectivity index (χ0) is 15.8. The van der Waals surface area contributed by atoms with Gasteiger partial charge in [0.1, 0.15) is 6.04 Å². The van der Waals surface area contributed by atoms with Gasteiger partial charge >= 0.3 is 6.18 Å². The van der Waals surface area contributed by atoms with Crippen molar-refractivity contribution in [2.45, 2.75) is 19.1 Å². The highest BCUT2D eigenvalue weighted by atomic mass is 19.4. The molecule has 1 aromatic heterocycles. The van der Waals surface area contributed by atoms with Gasteiger partial charge in [-0.05, 0) is 19.1 Å². The van der Waals surface area contributed by atoms with Crippen molar-refractivity contribution in [2.24, 2.45) is 0 Å². The molecule has 2 amide bonds. The van der Waals surface area contributed by atoms with E-state index in [0.29, 0.717) is 0 Å². The Hall–Kier alpha value is -2.12. The molecule has 0 aromatic carbocycles. The van der Waals surface area contributed by atoms with E-state index in [2.05, 4.69) is 4.98 Å². The lowest BCUT2D eigenvalue weighted by Crippen LogP contribution is -2.56. The van der Waals surface area contributed by atoms with Gasteiger partial charge in [0.2, 0.25) is 5.91 Å². The zero-order valence-corrected chi connectivity index (χ0v) is 11.5. The Labute approximate surface area is 119 Å². The Balaban J connectivity index is 2.35. The van der Waals surface area contributed by atoms with Gasteiger partial charge in [0.25, 0.3) is 5.91 Å². The number of carbonyl (C=O) groups excluding carboxylic acids is 2. The quantitative estimate of drug-likeness (QED) is 0.788. The average molecular weight is 301 g/mol. The summed E-state index contributed by atoms with van der Waals surface area (Å²) in [4.78, 5) is 30.0. The van der Waals surface area contributed by atoms with Crippen molar-refractivity contribution in [3.05, 3.63) is 29.6 Å². The van der Waals surface area contributed by atoms with Crippen molar-refractivity contribution in [2.75, 3.05) is 20.1 Å². The summed E-state index contributed by atoms with van der Waals surface area (Å²) in [6.07, 6.45) is -3.73. The van der Waals surface area contributed by atoms with Gasteiger partial charge in [-0.15, -0.1) is 0 Å². The summed E-state index contributed by atoms with van der Waals surface area (Å²) in [5, 5.41) is 0. The molecule has 1 atom stereocenters. The maximum absolute atomic E-state index is 12.9. The normalized spacial score (nSPS) is 19.9. The number of aromatic nitrogens is 1. The van der Waals surface area contributed by atoms with Crippen LogP contribution in [0.3, 0.4) is 0 Å². The summed E-state index contributed by atoms with van der Waals surface area (Å²) in [5.74, 6) is -1.13. The number of alkyl halides is 3. The molecule has 0 aliphatic carbocycles. The average Bonchev–Trinajstić information content (AvgIpc) is 2.43. The van der Waals surface area contributed by atoms with E-state index in [1.165, 1.54) is 17.9 Å². The van der Waals surface area contributed by atoms with Gasteiger partial charge in [-0.25, -0.2) is 0 Å². The van der Waals surface area contributed by atoms with Crippen molar-refractivity contribution in [1.29, 1.82) is 0 Å². The Morgan fingerprint density at radius 3 is 2.67 bits per heavy atom. The van der Waals surface area contributed by atoms with Gasteiger partial charge in [0.15, 0.2) is 5.69 Å². The first-order valence-electron chi connectivity index (χ1n) is 6.31. The molecule has 0 N–H and O–H groups in total. The molecule has 1 aliphatic rings. The number of amides is 2. The van der Waals surface area contributed by atoms with Gasteiger partial charge in [0.05, 0.1) is 5.56 Å². The Bertz CT molecular complexity index is 574. The molecule has 8 heteroatoms. The molecular weight excluding hydrogens is 287 g/mol. The second-order valence-electron chi connectivity index (χ2n) is 4.83. The van der Waals surface area contributed by atoms with Crippen LogP contribution in [0.5, 0.6) is 0 Å². The van der Waals surface area contributed by atoms with Crippen LogP contribution in [0.25, 0.3) is 0 Å². The number of rotatable bonds is 1. The molecule has 0 saturated carbocycles. The molecule has 0 radical (unpaired) electrons. The molecule has 1 saturated heterocycles. The summed E-state index contributed by atoms with van der Waals surface area (Å²) in [6, 6.07) is 1.55. The summed E-state index contributed by atoms with van der Waals surface area (Å²) < 4.78 is 38.7. The van der Waals surface area contributed by atoms with E-state index in [0.717, 1.165) is 17.2 Å². The minimum atomic E-state index is -4.72. The van der Waals surface area contributed by atoms with Crippen LogP contribution < -0.4 is 0 Å². The van der Waals surface area contributed by atoms with Crippen LogP contribution in [0.1, 0.15) is 23.0 Å². The minimum absolute atomic E-state index is 0.189. The SMILES string of the molecule is CC1C(=O)N(C)CCN1C(=O)c1cccnc1C(F)(F)F. The molecule has 21 heavy (non-hydrogen) atoms. The fourth-order valence-electron chi connectivity index (χ4n) is 2.25. The minimum Gasteiger partial charge on any atom is -0.342 e. The Kier molecular flexibility index (Phi) is 3.89. The highest BCUT2D eigenvalue weighted by molar-refractivity contribution is 5.99. The first-order valence-corrected chi connectivity index (χ1v) is 6.31. The molecule has 1 aromatic rings. The Morgan fingerprint density at radius 2 is 2.05 bits per heavy atom. The summed E-state index contributed by atoms with van der Waals surface area (Å²) in [7, 11) is 1.59. The fourth-order valence-corrected chi connectivity index (χ4v) is 2.25. The predicted molar refractivity (Wildman–Crippen MR) is 67.4 cm³/mol. The second kappa shape index (κ2) is 5.34. The van der Waals surface area contributed by atoms with Crippen LogP contribution in [-0.2, 0) is 11.0 Å². The van der Waals surface area contributed by atoms with Gasteiger partial charge in [-0.1, -0.05) is 0 Å². The fraction of sp³-hybridized carbons (Fsp3) is 0.462. The third kappa shape index (κ3) is 2.84. The first kappa shape index (κ1) is 15.3. The number of likely N-dealkylation sites (N-methyl/N-ethyl adjacent to an activating group) is 1. The maximum Gasteiger partial charge on any atom is 0.434 e. The summed E-state index contributed by atoms with van der Waals surface area (Å²) >= 11 is 0. The van der Waals surface area contributed by atoms with Crippen molar-refractivity contribution in [1.82, 2.24) is 14.8 Å². The second-order valence-corrected chi connectivity index (χ2v) is 4.83. The van der Waals surface area contributed by atoms with E-state index in [1.54, 1.807) is 7.05 Å². The number of carbonyl (C=O) groups is 2. The van der Waals surface area contributed by atoms with Crippen LogP contribution in [0.4, 0.5) is 13.2 Å². The lowest BCUT2D eigenvalue weighted by molar-refractivity contribution is -0.141. The summed E-state index contributed by atoms with van der Waals surface area (Å²) in [6.45, 7) is 1.98. The van der Waals surface area contributed by atoms with E-state index in [9.17, 15) is 22.8 Å². The van der Waals surface area contributed by atoms with E-state index in [-0.39, 0.29) is 19.0 Å². The number of piperazine rings is 1. The monoisotopic (exact) mass is 301 g/mol. The van der Waals surface area contributed by atoms with Crippen LogP contribution >= 0.6 is 0 Å².